The summed E-state index contributed by atoms with van der Waals surface area (Å²) in [6, 6.07) is 1.99. The molecule has 0 spiro atoms. The van der Waals surface area contributed by atoms with Crippen LogP contribution in [0.1, 0.15) is 23.2 Å². The molecule has 0 aliphatic rings. The first kappa shape index (κ1) is 14.5. The van der Waals surface area contributed by atoms with Gasteiger partial charge in [0.1, 0.15) is 0 Å². The Balaban J connectivity index is 1.87. The van der Waals surface area contributed by atoms with Crippen molar-refractivity contribution in [3.63, 3.8) is 0 Å². The van der Waals surface area contributed by atoms with Crippen molar-refractivity contribution in [1.29, 1.82) is 0 Å². The smallest absolute Gasteiger partial charge is 0.305 e. The second-order valence-electron chi connectivity index (χ2n) is 4.38. The van der Waals surface area contributed by atoms with E-state index in [1.807, 2.05) is 24.6 Å². The summed E-state index contributed by atoms with van der Waals surface area (Å²) in [4.78, 5) is 19.6. The number of carbonyl (C=O) groups is 1. The third-order valence-electron chi connectivity index (χ3n) is 2.93. The Morgan fingerprint density at radius 1 is 1.50 bits per heavy atom. The van der Waals surface area contributed by atoms with Gasteiger partial charge in [-0.15, -0.1) is 11.3 Å². The Morgan fingerprint density at radius 3 is 3.10 bits per heavy atom. The SMILES string of the molecule is COC(=O)CCc1csc(NCc2ccncc2C)n1. The van der Waals surface area contributed by atoms with Gasteiger partial charge in [0, 0.05) is 30.7 Å². The summed E-state index contributed by atoms with van der Waals surface area (Å²) in [5.41, 5.74) is 3.27. The van der Waals surface area contributed by atoms with Crippen LogP contribution in [0, 0.1) is 6.92 Å². The molecule has 6 heteroatoms. The lowest BCUT2D eigenvalue weighted by Gasteiger charge is -2.05. The van der Waals surface area contributed by atoms with Gasteiger partial charge in [-0.3, -0.25) is 9.78 Å². The molecule has 0 atom stereocenters. The predicted octanol–water partition coefficient (Wildman–Crippen LogP) is 2.56. The zero-order chi connectivity index (χ0) is 14.4. The molecule has 5 nitrogen and oxygen atoms in total. The Kier molecular flexibility index (Phi) is 5.06. The molecule has 2 rings (SSSR count). The van der Waals surface area contributed by atoms with Gasteiger partial charge in [0.15, 0.2) is 5.13 Å². The van der Waals surface area contributed by atoms with Crippen LogP contribution in [0.2, 0.25) is 0 Å². The van der Waals surface area contributed by atoms with E-state index in [1.54, 1.807) is 17.5 Å². The third kappa shape index (κ3) is 4.03. The fourth-order valence-corrected chi connectivity index (χ4v) is 2.45. The lowest BCUT2D eigenvalue weighted by Crippen LogP contribution is -2.03. The van der Waals surface area contributed by atoms with Crippen LogP contribution in [-0.2, 0) is 22.5 Å². The number of hydrogen-bond donors (Lipinski definition) is 1. The average molecular weight is 291 g/mol. The summed E-state index contributed by atoms with van der Waals surface area (Å²) in [6.45, 7) is 2.76. The molecule has 0 aliphatic carbocycles. The molecule has 0 bridgehead atoms. The first-order valence-corrected chi connectivity index (χ1v) is 7.21. The zero-order valence-electron chi connectivity index (χ0n) is 11.5. The summed E-state index contributed by atoms with van der Waals surface area (Å²) >= 11 is 1.54. The molecule has 0 saturated carbocycles. The Labute approximate surface area is 122 Å². The van der Waals surface area contributed by atoms with Gasteiger partial charge < -0.3 is 10.1 Å². The van der Waals surface area contributed by atoms with Crippen molar-refractivity contribution in [3.8, 4) is 0 Å². The molecule has 0 radical (unpaired) electrons. The Hall–Kier alpha value is -1.95. The minimum absolute atomic E-state index is 0.208. The third-order valence-corrected chi connectivity index (χ3v) is 3.78. The normalized spacial score (nSPS) is 10.3. The largest absolute Gasteiger partial charge is 0.469 e. The molecule has 2 heterocycles. The molecule has 2 aromatic heterocycles. The van der Waals surface area contributed by atoms with Crippen LogP contribution >= 0.6 is 11.3 Å². The summed E-state index contributed by atoms with van der Waals surface area (Å²) in [7, 11) is 1.40. The number of rotatable bonds is 6. The molecular weight excluding hydrogens is 274 g/mol. The number of aromatic nitrogens is 2. The predicted molar refractivity (Wildman–Crippen MR) is 78.8 cm³/mol. The van der Waals surface area contributed by atoms with Gasteiger partial charge in [0.05, 0.1) is 19.2 Å². The van der Waals surface area contributed by atoms with Crippen LogP contribution in [0.4, 0.5) is 5.13 Å². The maximum absolute atomic E-state index is 11.1. The minimum atomic E-state index is -0.208. The summed E-state index contributed by atoms with van der Waals surface area (Å²) in [5, 5.41) is 6.11. The fourth-order valence-electron chi connectivity index (χ4n) is 1.71. The van der Waals surface area contributed by atoms with E-state index in [4.69, 9.17) is 0 Å². The lowest BCUT2D eigenvalue weighted by atomic mass is 10.2. The molecule has 20 heavy (non-hydrogen) atoms. The topological polar surface area (TPSA) is 64.1 Å². The number of methoxy groups -OCH3 is 1. The van der Waals surface area contributed by atoms with Gasteiger partial charge in [-0.25, -0.2) is 4.98 Å². The molecule has 0 unspecified atom stereocenters. The second kappa shape index (κ2) is 7.00. The highest BCUT2D eigenvalue weighted by molar-refractivity contribution is 7.13. The minimum Gasteiger partial charge on any atom is -0.469 e. The number of carbonyl (C=O) groups excluding carboxylic acids is 1. The lowest BCUT2D eigenvalue weighted by molar-refractivity contribution is -0.140. The molecule has 0 amide bonds. The van der Waals surface area contributed by atoms with Crippen LogP contribution in [-0.4, -0.2) is 23.0 Å². The number of esters is 1. The van der Waals surface area contributed by atoms with Crippen molar-refractivity contribution in [3.05, 3.63) is 40.7 Å². The highest BCUT2D eigenvalue weighted by Gasteiger charge is 2.06. The molecule has 0 saturated heterocycles. The standard InChI is InChI=1S/C14H17N3O2S/c1-10-7-15-6-5-11(10)8-16-14-17-12(9-20-14)3-4-13(18)19-2/h5-7,9H,3-4,8H2,1-2H3,(H,16,17). The second-order valence-corrected chi connectivity index (χ2v) is 5.23. The van der Waals surface area contributed by atoms with E-state index < -0.39 is 0 Å². The first-order chi connectivity index (χ1) is 9.69. The van der Waals surface area contributed by atoms with E-state index in [0.29, 0.717) is 12.8 Å². The highest BCUT2D eigenvalue weighted by Crippen LogP contribution is 2.18. The molecule has 2 aromatic rings. The number of pyridine rings is 1. The monoisotopic (exact) mass is 291 g/mol. The number of thiazole rings is 1. The summed E-state index contributed by atoms with van der Waals surface area (Å²) in [5.74, 6) is -0.208. The Morgan fingerprint density at radius 2 is 2.35 bits per heavy atom. The van der Waals surface area contributed by atoms with Crippen LogP contribution in [0.15, 0.2) is 23.8 Å². The summed E-state index contributed by atoms with van der Waals surface area (Å²) < 4.78 is 4.61. The maximum Gasteiger partial charge on any atom is 0.305 e. The van der Waals surface area contributed by atoms with E-state index in [1.165, 1.54) is 12.7 Å². The van der Waals surface area contributed by atoms with Crippen LogP contribution < -0.4 is 5.32 Å². The molecule has 0 fully saturated rings. The zero-order valence-corrected chi connectivity index (χ0v) is 12.4. The van der Waals surface area contributed by atoms with Gasteiger partial charge in [0.25, 0.3) is 0 Å². The van der Waals surface area contributed by atoms with Crippen molar-refractivity contribution in [2.24, 2.45) is 0 Å². The van der Waals surface area contributed by atoms with Gasteiger partial charge >= 0.3 is 5.97 Å². The molecule has 106 valence electrons. The van der Waals surface area contributed by atoms with Crippen LogP contribution in [0.3, 0.4) is 0 Å². The van der Waals surface area contributed by atoms with Crippen molar-refractivity contribution in [1.82, 2.24) is 9.97 Å². The molecule has 0 aliphatic heterocycles. The number of anilines is 1. The number of aryl methyl sites for hydroxylation is 2. The van der Waals surface area contributed by atoms with Crippen molar-refractivity contribution in [2.45, 2.75) is 26.3 Å². The van der Waals surface area contributed by atoms with Crippen molar-refractivity contribution < 1.29 is 9.53 Å². The van der Waals surface area contributed by atoms with E-state index >= 15 is 0 Å². The van der Waals surface area contributed by atoms with Gasteiger partial charge in [-0.2, -0.15) is 0 Å². The van der Waals surface area contributed by atoms with Gasteiger partial charge in [0.2, 0.25) is 0 Å². The average Bonchev–Trinajstić information content (AvgIpc) is 2.92. The summed E-state index contributed by atoms with van der Waals surface area (Å²) in [6.07, 6.45) is 4.61. The van der Waals surface area contributed by atoms with E-state index in [9.17, 15) is 4.79 Å². The molecule has 0 aromatic carbocycles. The van der Waals surface area contributed by atoms with Crippen LogP contribution in [0.5, 0.6) is 0 Å². The van der Waals surface area contributed by atoms with Crippen molar-refractivity contribution >= 4 is 22.4 Å². The number of nitrogens with zero attached hydrogens (tertiary/aromatic N) is 2. The highest BCUT2D eigenvalue weighted by atomic mass is 32.1. The number of hydrogen-bond acceptors (Lipinski definition) is 6. The van der Waals surface area contributed by atoms with Gasteiger partial charge in [-0.1, -0.05) is 0 Å². The maximum atomic E-state index is 11.1. The molecule has 1 N–H and O–H groups in total. The first-order valence-electron chi connectivity index (χ1n) is 6.33. The number of nitrogens with one attached hydrogen (secondary N) is 1. The van der Waals surface area contributed by atoms with E-state index in [-0.39, 0.29) is 5.97 Å². The van der Waals surface area contributed by atoms with Crippen LogP contribution in [0.25, 0.3) is 0 Å². The van der Waals surface area contributed by atoms with E-state index in [2.05, 4.69) is 20.0 Å². The number of ether oxygens (including phenoxy) is 1. The fraction of sp³-hybridized carbons (Fsp3) is 0.357. The molecular formula is C14H17N3O2S. The Bertz CT molecular complexity index is 583. The van der Waals surface area contributed by atoms with Gasteiger partial charge in [-0.05, 0) is 24.1 Å². The van der Waals surface area contributed by atoms with Crippen molar-refractivity contribution in [2.75, 3.05) is 12.4 Å². The quantitative estimate of drug-likeness (QED) is 0.829. The van der Waals surface area contributed by atoms with E-state index in [0.717, 1.165) is 22.9 Å².